The van der Waals surface area contributed by atoms with Gasteiger partial charge in [0.1, 0.15) is 36.3 Å². The van der Waals surface area contributed by atoms with E-state index in [1.165, 1.54) is 19.1 Å². The van der Waals surface area contributed by atoms with Crippen LogP contribution in [0.2, 0.25) is 0 Å². The van der Waals surface area contributed by atoms with Crippen LogP contribution in [0.4, 0.5) is 4.79 Å². The zero-order valence-corrected chi connectivity index (χ0v) is 51.1. The molecule has 1 aliphatic carbocycles. The quantitative estimate of drug-likeness (QED) is 0.0568. The number of hydrogen-bond donors (Lipinski definition) is 6. The number of rotatable bonds is 15. The molecule has 0 spiro atoms. The minimum absolute atomic E-state index is 0.0415. The second-order valence-corrected chi connectivity index (χ2v) is 23.6. The van der Waals surface area contributed by atoms with Crippen molar-refractivity contribution < 1.29 is 77.2 Å². The maximum absolute atomic E-state index is 14.7. The number of aromatic nitrogens is 2. The van der Waals surface area contributed by atoms with Crippen LogP contribution in [0.5, 0.6) is 0 Å². The summed E-state index contributed by atoms with van der Waals surface area (Å²) in [6, 6.07) is -2.02. The Morgan fingerprint density at radius 3 is 2.25 bits per heavy atom. The van der Waals surface area contributed by atoms with Crippen molar-refractivity contribution in [1.82, 2.24) is 25.5 Å². The number of methoxy groups -OCH3 is 3. The molecule has 470 valence electrons. The van der Waals surface area contributed by atoms with Crippen LogP contribution >= 0.6 is 0 Å². The first-order chi connectivity index (χ1) is 40.0. The number of Topliss-reactive ketones (excluding diaryl/α,β-unsaturated/α-hetero) is 2. The molecule has 3 aliphatic heterocycles. The van der Waals surface area contributed by atoms with E-state index in [1.54, 1.807) is 53.3 Å². The Balaban J connectivity index is 1.31. The molecule has 7 N–H and O–H groups in total. The van der Waals surface area contributed by atoms with E-state index < -0.39 is 114 Å². The average molecular weight is 1180 g/mol. The number of aryl methyl sites for hydroxylation is 1. The van der Waals surface area contributed by atoms with Gasteiger partial charge in [-0.3, -0.25) is 19.2 Å². The standard InChI is InChI=1S/C62H96N6O16/c1-37-16-12-11-13-17-38(2)50(78-8)32-46-21-19-42(6)62(77,84-46)58(73)59(74)68-25-15-14-18-48(68)60(75)82-52(33-51(79-9)39(3)29-41(5)56(71)57(72)55(70)40(4)28-37)47(63)30-44-20-22-49(53(31-44)80-10)83-61(76)64-24-27-81-26-23-54(69)67-36-45-34-65-43(7)66-35-45/h11-13,16-17,29,34-35,37,39-40,42,44,46-53,56-57,71-72,77H,14-15,18-28,30-33,36,63H2,1-10H3,(H,64,76)(H,67,69)/b13-11+,16-12+,38-17+,41-29+/t37-,39-,40-,42-,44+,46+,47-,48+,49-,50+,51-,52+,53-,56-,57+,62-/m1/s1. The highest BCUT2D eigenvalue weighted by atomic mass is 16.6. The Bertz CT molecular complexity index is 2440. The van der Waals surface area contributed by atoms with Gasteiger partial charge in [0.05, 0.1) is 37.6 Å². The van der Waals surface area contributed by atoms with Crippen molar-refractivity contribution in [3.8, 4) is 0 Å². The smallest absolute Gasteiger partial charge is 0.407 e. The minimum atomic E-state index is -2.47. The lowest BCUT2D eigenvalue weighted by atomic mass is 9.80. The highest BCUT2D eigenvalue weighted by molar-refractivity contribution is 6.39. The molecular formula is C62H96N6O16. The van der Waals surface area contributed by atoms with Crippen LogP contribution < -0.4 is 16.4 Å². The molecule has 2 bridgehead atoms. The number of allylic oxidation sites excluding steroid dienone is 5. The topological polar surface area (TPSA) is 307 Å². The number of nitrogens with zero attached hydrogens (tertiary/aromatic N) is 3. The molecule has 16 atom stereocenters. The van der Waals surface area contributed by atoms with Gasteiger partial charge in [-0.2, -0.15) is 0 Å². The number of esters is 1. The number of aliphatic hydroxyl groups is 3. The summed E-state index contributed by atoms with van der Waals surface area (Å²) < 4.78 is 41.7. The van der Waals surface area contributed by atoms with E-state index in [1.807, 2.05) is 51.2 Å². The summed E-state index contributed by atoms with van der Waals surface area (Å²) in [7, 11) is 4.59. The average Bonchev–Trinajstić information content (AvgIpc) is 1.60. The number of ether oxygens (including phenoxy) is 7. The SMILES string of the molecule is CO[C@H]1C[C@@H]2CC[C@@H](C)[C@@](O)(O2)C(=O)C(=O)N2CCCC[C@H]2C(=O)O[C@H]([C@H](N)C[C@@H]2CC[C@@H](OC(=O)NCCOCCC(=O)NCc3cnc(C)nc3)[C@H](OC)C2)C[C@@H](OC)[C@H](C)/C=C(\C)[C@@H](O)[C@@H](O)C(=O)[C@H](C)C[C@H](C)/C=C/C=C/C=C/1C. The van der Waals surface area contributed by atoms with Gasteiger partial charge in [-0.1, -0.05) is 64.2 Å². The maximum Gasteiger partial charge on any atom is 0.407 e. The van der Waals surface area contributed by atoms with Gasteiger partial charge in [-0.25, -0.2) is 19.6 Å². The fraction of sp³-hybridized carbons (Fsp3) is 0.710. The first kappa shape index (κ1) is 69.5. The van der Waals surface area contributed by atoms with Crippen LogP contribution in [-0.4, -0.2) is 180 Å². The number of hydrogen-bond acceptors (Lipinski definition) is 19. The summed E-state index contributed by atoms with van der Waals surface area (Å²) in [5, 5.41) is 40.2. The van der Waals surface area contributed by atoms with Crippen molar-refractivity contribution in [2.24, 2.45) is 35.3 Å². The molecule has 3 fully saturated rings. The monoisotopic (exact) mass is 1180 g/mol. The third-order valence-electron chi connectivity index (χ3n) is 17.0. The maximum atomic E-state index is 14.7. The molecule has 3 amide bonds. The molecular weight excluding hydrogens is 1080 g/mol. The fourth-order valence-corrected chi connectivity index (χ4v) is 11.7. The number of nitrogens with one attached hydrogen (secondary N) is 2. The van der Waals surface area contributed by atoms with Crippen molar-refractivity contribution in [2.45, 2.75) is 205 Å². The molecule has 22 heteroatoms. The number of piperidine rings is 1. The number of aliphatic hydroxyl groups excluding tert-OH is 2. The molecule has 22 nitrogen and oxygen atoms in total. The Hall–Kier alpha value is -5.30. The Morgan fingerprint density at radius 2 is 1.55 bits per heavy atom. The second-order valence-electron chi connectivity index (χ2n) is 23.6. The number of amides is 3. The third-order valence-corrected chi connectivity index (χ3v) is 17.0. The summed E-state index contributed by atoms with van der Waals surface area (Å²) in [5.74, 6) is -7.49. The van der Waals surface area contributed by atoms with Gasteiger partial charge in [-0.15, -0.1) is 0 Å². The van der Waals surface area contributed by atoms with E-state index in [4.69, 9.17) is 38.9 Å². The van der Waals surface area contributed by atoms with E-state index in [0.29, 0.717) is 75.7 Å². The zero-order chi connectivity index (χ0) is 61.7. The van der Waals surface area contributed by atoms with Gasteiger partial charge in [0.15, 0.2) is 5.78 Å². The van der Waals surface area contributed by atoms with Crippen molar-refractivity contribution in [3.05, 3.63) is 71.4 Å². The highest BCUT2D eigenvalue weighted by Gasteiger charge is 2.53. The zero-order valence-electron chi connectivity index (χ0n) is 51.1. The van der Waals surface area contributed by atoms with E-state index in [2.05, 4.69) is 20.6 Å². The predicted octanol–water partition coefficient (Wildman–Crippen LogP) is 5.22. The van der Waals surface area contributed by atoms with Crippen molar-refractivity contribution >= 4 is 35.4 Å². The molecule has 84 heavy (non-hydrogen) atoms. The molecule has 4 heterocycles. The van der Waals surface area contributed by atoms with E-state index in [9.17, 15) is 44.1 Å². The molecule has 0 radical (unpaired) electrons. The Labute approximate surface area is 496 Å². The van der Waals surface area contributed by atoms with Crippen molar-refractivity contribution in [1.29, 1.82) is 0 Å². The van der Waals surface area contributed by atoms with Gasteiger partial charge in [0, 0.05) is 102 Å². The van der Waals surface area contributed by atoms with Gasteiger partial charge >= 0.3 is 12.1 Å². The minimum Gasteiger partial charge on any atom is -0.459 e. The van der Waals surface area contributed by atoms with Crippen LogP contribution in [0.15, 0.2) is 60.0 Å². The molecule has 4 aliphatic rings. The van der Waals surface area contributed by atoms with Gasteiger partial charge in [0.25, 0.3) is 11.7 Å². The van der Waals surface area contributed by atoms with Crippen molar-refractivity contribution in [3.63, 3.8) is 0 Å². The van der Waals surface area contributed by atoms with Crippen LogP contribution in [-0.2, 0) is 63.7 Å². The van der Waals surface area contributed by atoms with Crippen molar-refractivity contribution in [2.75, 3.05) is 47.6 Å². The molecule has 1 saturated carbocycles. The summed E-state index contributed by atoms with van der Waals surface area (Å²) in [6.45, 7) is 13.3. The second kappa shape index (κ2) is 34.1. The van der Waals surface area contributed by atoms with Gasteiger partial charge in [-0.05, 0) is 108 Å². The normalized spacial score (nSPS) is 34.6. The van der Waals surface area contributed by atoms with Crippen LogP contribution in [0.1, 0.15) is 136 Å². The number of alkyl carbamates (subject to hydrolysis) is 1. The number of ketones is 2. The number of cyclic esters (lactones) is 1. The summed E-state index contributed by atoms with van der Waals surface area (Å²) in [5.41, 5.74) is 9.07. The van der Waals surface area contributed by atoms with Crippen LogP contribution in [0.3, 0.4) is 0 Å². The fourth-order valence-electron chi connectivity index (χ4n) is 11.7. The number of carbonyl (C=O) groups excluding carboxylic acids is 6. The molecule has 0 aromatic carbocycles. The summed E-state index contributed by atoms with van der Waals surface area (Å²) in [6.07, 6.45) is 11.4. The Kier molecular flexibility index (Phi) is 28.2. The van der Waals surface area contributed by atoms with E-state index in [0.717, 1.165) is 11.1 Å². The largest absolute Gasteiger partial charge is 0.459 e. The third kappa shape index (κ3) is 20.4. The lowest BCUT2D eigenvalue weighted by Crippen LogP contribution is -2.61. The van der Waals surface area contributed by atoms with Crippen LogP contribution in [0.25, 0.3) is 0 Å². The molecule has 1 aromatic rings. The van der Waals surface area contributed by atoms with E-state index in [-0.39, 0.29) is 69.7 Å². The molecule has 2 saturated heterocycles. The lowest BCUT2D eigenvalue weighted by Gasteiger charge is -2.43. The number of fused-ring (bicyclic) bond motifs is 3. The highest BCUT2D eigenvalue weighted by Crippen LogP contribution is 2.38. The van der Waals surface area contributed by atoms with Gasteiger partial charge in [0.2, 0.25) is 11.7 Å². The van der Waals surface area contributed by atoms with Crippen LogP contribution in [0, 0.1) is 36.5 Å². The number of carbonyl (C=O) groups is 6. The Morgan fingerprint density at radius 1 is 0.821 bits per heavy atom. The molecule has 1 aromatic heterocycles. The summed E-state index contributed by atoms with van der Waals surface area (Å²) in [4.78, 5) is 91.8. The lowest BCUT2D eigenvalue weighted by molar-refractivity contribution is -0.265. The molecule has 0 unspecified atom stereocenters. The first-order valence-electron chi connectivity index (χ1n) is 30.0. The van der Waals surface area contributed by atoms with Gasteiger partial charge < -0.3 is 69.7 Å². The summed E-state index contributed by atoms with van der Waals surface area (Å²) >= 11 is 0. The molecule has 5 rings (SSSR count). The number of nitrogens with two attached hydrogens (primary N) is 1. The first-order valence-corrected chi connectivity index (χ1v) is 30.0. The predicted molar refractivity (Wildman–Crippen MR) is 311 cm³/mol. The van der Waals surface area contributed by atoms with E-state index >= 15 is 0 Å².